The maximum absolute atomic E-state index is 11.8. The Morgan fingerprint density at radius 1 is 1.24 bits per heavy atom. The standard InChI is InChI=1S/C15H19NO5/c17-12-5-4-10(7-13(12)18)6-11(15(20)21)16-14(19)8-9-2-1-3-9/h4-5,7,9,11,17-18H,1-3,6,8H2,(H,16,19)(H,20,21)/t11-/m0/s1. The fourth-order valence-corrected chi connectivity index (χ4v) is 2.34. The van der Waals surface area contributed by atoms with E-state index in [1.54, 1.807) is 0 Å². The highest BCUT2D eigenvalue weighted by Crippen LogP contribution is 2.29. The highest BCUT2D eigenvalue weighted by Gasteiger charge is 2.25. The molecular formula is C15H19NO5. The minimum atomic E-state index is -1.12. The minimum Gasteiger partial charge on any atom is -0.504 e. The van der Waals surface area contributed by atoms with Crippen LogP contribution in [0.5, 0.6) is 11.5 Å². The van der Waals surface area contributed by atoms with Crippen LogP contribution in [0.2, 0.25) is 0 Å². The topological polar surface area (TPSA) is 107 Å². The molecule has 1 aromatic carbocycles. The summed E-state index contributed by atoms with van der Waals surface area (Å²) < 4.78 is 0. The summed E-state index contributed by atoms with van der Waals surface area (Å²) in [7, 11) is 0. The highest BCUT2D eigenvalue weighted by molar-refractivity contribution is 5.83. The molecule has 6 nitrogen and oxygen atoms in total. The van der Waals surface area contributed by atoms with Crippen LogP contribution < -0.4 is 5.32 Å². The van der Waals surface area contributed by atoms with Crippen molar-refractivity contribution < 1.29 is 24.9 Å². The van der Waals surface area contributed by atoms with E-state index in [-0.39, 0.29) is 23.8 Å². The van der Waals surface area contributed by atoms with Crippen LogP contribution in [0, 0.1) is 5.92 Å². The second-order valence-electron chi connectivity index (χ2n) is 5.49. The molecule has 1 aliphatic rings. The van der Waals surface area contributed by atoms with Crippen molar-refractivity contribution >= 4 is 11.9 Å². The lowest BCUT2D eigenvalue weighted by Crippen LogP contribution is -2.43. The van der Waals surface area contributed by atoms with Crippen molar-refractivity contribution in [2.45, 2.75) is 38.1 Å². The Morgan fingerprint density at radius 3 is 2.48 bits per heavy atom. The van der Waals surface area contributed by atoms with Crippen LogP contribution in [0.4, 0.5) is 0 Å². The molecule has 0 aromatic heterocycles. The molecule has 114 valence electrons. The fraction of sp³-hybridized carbons (Fsp3) is 0.467. The lowest BCUT2D eigenvalue weighted by molar-refractivity contribution is -0.142. The molecule has 0 spiro atoms. The molecule has 2 rings (SSSR count). The van der Waals surface area contributed by atoms with Gasteiger partial charge in [-0.1, -0.05) is 12.5 Å². The Labute approximate surface area is 122 Å². The van der Waals surface area contributed by atoms with Crippen molar-refractivity contribution in [1.29, 1.82) is 0 Å². The molecular weight excluding hydrogens is 274 g/mol. The molecule has 1 saturated carbocycles. The number of amides is 1. The zero-order chi connectivity index (χ0) is 15.4. The van der Waals surface area contributed by atoms with Gasteiger partial charge in [0.15, 0.2) is 11.5 Å². The average Bonchev–Trinajstić information content (AvgIpc) is 2.37. The number of hydrogen-bond acceptors (Lipinski definition) is 4. The highest BCUT2D eigenvalue weighted by atomic mass is 16.4. The van der Waals surface area contributed by atoms with Crippen molar-refractivity contribution in [2.75, 3.05) is 0 Å². The molecule has 1 atom stereocenters. The van der Waals surface area contributed by atoms with E-state index >= 15 is 0 Å². The normalized spacial score (nSPS) is 16.0. The molecule has 1 aliphatic carbocycles. The summed E-state index contributed by atoms with van der Waals surface area (Å²) in [4.78, 5) is 23.0. The molecule has 0 aliphatic heterocycles. The van der Waals surface area contributed by atoms with Gasteiger partial charge in [0.25, 0.3) is 0 Å². The third kappa shape index (κ3) is 4.11. The molecule has 0 bridgehead atoms. The number of aromatic hydroxyl groups is 2. The van der Waals surface area contributed by atoms with Gasteiger partial charge >= 0.3 is 5.97 Å². The van der Waals surface area contributed by atoms with Crippen molar-refractivity contribution in [2.24, 2.45) is 5.92 Å². The third-order valence-electron chi connectivity index (χ3n) is 3.81. The first-order valence-corrected chi connectivity index (χ1v) is 6.98. The summed E-state index contributed by atoms with van der Waals surface area (Å²) in [5, 5.41) is 30.3. The number of carboxylic acid groups (broad SMARTS) is 1. The SMILES string of the molecule is O=C(CC1CCC1)N[C@@H](Cc1ccc(O)c(O)c1)C(=O)O. The lowest BCUT2D eigenvalue weighted by atomic mass is 9.83. The first-order chi connectivity index (χ1) is 9.95. The van der Waals surface area contributed by atoms with Crippen LogP contribution in [-0.2, 0) is 16.0 Å². The maximum Gasteiger partial charge on any atom is 0.326 e. The third-order valence-corrected chi connectivity index (χ3v) is 3.81. The summed E-state index contributed by atoms with van der Waals surface area (Å²) in [6.07, 6.45) is 3.60. The van der Waals surface area contributed by atoms with Crippen LogP contribution in [0.15, 0.2) is 18.2 Å². The Morgan fingerprint density at radius 2 is 1.95 bits per heavy atom. The first-order valence-electron chi connectivity index (χ1n) is 6.98. The number of benzene rings is 1. The smallest absolute Gasteiger partial charge is 0.326 e. The number of carbonyl (C=O) groups is 2. The predicted octanol–water partition coefficient (Wildman–Crippen LogP) is 1.40. The molecule has 21 heavy (non-hydrogen) atoms. The average molecular weight is 293 g/mol. The molecule has 0 unspecified atom stereocenters. The number of nitrogens with one attached hydrogen (secondary N) is 1. The van der Waals surface area contributed by atoms with Crippen LogP contribution in [-0.4, -0.2) is 33.2 Å². The monoisotopic (exact) mass is 293 g/mol. The van der Waals surface area contributed by atoms with Gasteiger partial charge in [-0.05, 0) is 36.5 Å². The molecule has 1 amide bonds. The second kappa shape index (κ2) is 6.47. The van der Waals surface area contributed by atoms with E-state index in [2.05, 4.69) is 5.32 Å². The summed E-state index contributed by atoms with van der Waals surface area (Å²) in [6, 6.07) is 3.06. The zero-order valence-electron chi connectivity index (χ0n) is 11.6. The van der Waals surface area contributed by atoms with Crippen LogP contribution in [0.3, 0.4) is 0 Å². The van der Waals surface area contributed by atoms with E-state index in [1.165, 1.54) is 18.2 Å². The summed E-state index contributed by atoms with van der Waals surface area (Å²) in [5.41, 5.74) is 0.529. The molecule has 4 N–H and O–H groups in total. The first kappa shape index (κ1) is 15.2. The number of phenolic OH excluding ortho intramolecular Hbond substituents is 2. The number of carbonyl (C=O) groups excluding carboxylic acids is 1. The molecule has 1 aromatic rings. The predicted molar refractivity (Wildman–Crippen MR) is 75.0 cm³/mol. The van der Waals surface area contributed by atoms with Gasteiger partial charge in [0.2, 0.25) is 5.91 Å². The zero-order valence-corrected chi connectivity index (χ0v) is 11.6. The maximum atomic E-state index is 11.8. The fourth-order valence-electron chi connectivity index (χ4n) is 2.34. The molecule has 0 saturated heterocycles. The van der Waals surface area contributed by atoms with Gasteiger partial charge in [-0.3, -0.25) is 4.79 Å². The number of aliphatic carboxylic acids is 1. The lowest BCUT2D eigenvalue weighted by Gasteiger charge is -2.25. The molecule has 0 radical (unpaired) electrons. The van der Waals surface area contributed by atoms with E-state index < -0.39 is 12.0 Å². The van der Waals surface area contributed by atoms with E-state index in [1.807, 2.05) is 0 Å². The van der Waals surface area contributed by atoms with E-state index in [9.17, 15) is 24.9 Å². The van der Waals surface area contributed by atoms with Crippen LogP contribution >= 0.6 is 0 Å². The van der Waals surface area contributed by atoms with Crippen molar-refractivity contribution in [1.82, 2.24) is 5.32 Å². The van der Waals surface area contributed by atoms with Gasteiger partial charge in [0, 0.05) is 12.8 Å². The summed E-state index contributed by atoms with van der Waals surface area (Å²) in [5.74, 6) is -1.58. The molecule has 1 fully saturated rings. The quantitative estimate of drug-likeness (QED) is 0.593. The van der Waals surface area contributed by atoms with Gasteiger partial charge in [-0.25, -0.2) is 4.79 Å². The van der Waals surface area contributed by atoms with Crippen LogP contribution in [0.25, 0.3) is 0 Å². The van der Waals surface area contributed by atoms with Crippen molar-refractivity contribution in [3.8, 4) is 11.5 Å². The van der Waals surface area contributed by atoms with E-state index in [0.717, 1.165) is 19.3 Å². The van der Waals surface area contributed by atoms with Gasteiger partial charge in [-0.15, -0.1) is 0 Å². The van der Waals surface area contributed by atoms with Gasteiger partial charge < -0.3 is 20.6 Å². The number of hydrogen-bond donors (Lipinski definition) is 4. The number of phenols is 2. The molecule has 0 heterocycles. The summed E-state index contributed by atoms with van der Waals surface area (Å²) >= 11 is 0. The van der Waals surface area contributed by atoms with Gasteiger partial charge in [0.1, 0.15) is 6.04 Å². The Kier molecular flexibility index (Phi) is 4.67. The molecule has 6 heteroatoms. The van der Waals surface area contributed by atoms with Gasteiger partial charge in [-0.2, -0.15) is 0 Å². The van der Waals surface area contributed by atoms with Gasteiger partial charge in [0.05, 0.1) is 0 Å². The Hall–Kier alpha value is -2.24. The Bertz CT molecular complexity index is 539. The summed E-state index contributed by atoms with van der Waals surface area (Å²) in [6.45, 7) is 0. The minimum absolute atomic E-state index is 0.0551. The van der Waals surface area contributed by atoms with Crippen LogP contribution in [0.1, 0.15) is 31.2 Å². The van der Waals surface area contributed by atoms with Crippen molar-refractivity contribution in [3.63, 3.8) is 0 Å². The second-order valence-corrected chi connectivity index (χ2v) is 5.49. The largest absolute Gasteiger partial charge is 0.504 e. The number of rotatable bonds is 6. The Balaban J connectivity index is 1.96. The van der Waals surface area contributed by atoms with Crippen molar-refractivity contribution in [3.05, 3.63) is 23.8 Å². The number of carboxylic acids is 1. The van der Waals surface area contributed by atoms with E-state index in [4.69, 9.17) is 0 Å². The van der Waals surface area contributed by atoms with E-state index in [0.29, 0.717) is 17.9 Å².